The molecule has 0 aliphatic carbocycles. The number of ether oxygens (including phenoxy) is 3. The summed E-state index contributed by atoms with van der Waals surface area (Å²) in [5.41, 5.74) is -0.108. The Morgan fingerprint density at radius 1 is 1.19 bits per heavy atom. The van der Waals surface area contributed by atoms with Gasteiger partial charge in [-0.1, -0.05) is 0 Å². The Bertz CT molecular complexity index is 763. The van der Waals surface area contributed by atoms with Crippen LogP contribution < -0.4 is 9.47 Å². The number of carbonyl (C=O) groups is 2. The van der Waals surface area contributed by atoms with E-state index in [1.165, 1.54) is 39.5 Å². The largest absolute Gasteiger partial charge is 0.493 e. The minimum absolute atomic E-state index is 0.114. The van der Waals surface area contributed by atoms with Crippen molar-refractivity contribution in [1.29, 1.82) is 0 Å². The van der Waals surface area contributed by atoms with Crippen molar-refractivity contribution in [3.05, 3.63) is 32.7 Å². The maximum atomic E-state index is 12.4. The molecule has 1 saturated heterocycles. The number of methoxy groups -OCH3 is 3. The van der Waals surface area contributed by atoms with Gasteiger partial charge in [0.25, 0.3) is 16.8 Å². The second-order valence-corrected chi connectivity index (χ2v) is 6.20. The zero-order valence-corrected chi connectivity index (χ0v) is 15.3. The standard InChI is InChI=1S/C16H18N2O7S/c1-23-6-4-5-17-15(19)14(26-16(17)20)8-10-7-12(24-2)13(25-3)9-11(10)18(21)22/h7-9H,4-6H2,1-3H3/b14-8+. The number of carbonyl (C=O) groups excluding carboxylic acids is 2. The van der Waals surface area contributed by atoms with Gasteiger partial charge in [-0.2, -0.15) is 0 Å². The molecule has 0 unspecified atom stereocenters. The molecule has 0 N–H and O–H groups in total. The molecule has 9 nitrogen and oxygen atoms in total. The fourth-order valence-corrected chi connectivity index (χ4v) is 3.21. The van der Waals surface area contributed by atoms with Crippen molar-refractivity contribution < 1.29 is 28.7 Å². The Labute approximate surface area is 154 Å². The quantitative estimate of drug-likeness (QED) is 0.292. The number of nitro benzene ring substituents is 1. The van der Waals surface area contributed by atoms with Crippen molar-refractivity contribution in [3.8, 4) is 11.5 Å². The van der Waals surface area contributed by atoms with Crippen molar-refractivity contribution >= 4 is 34.7 Å². The van der Waals surface area contributed by atoms with Gasteiger partial charge in [0.1, 0.15) is 0 Å². The molecule has 140 valence electrons. The molecule has 2 rings (SSSR count). The molecule has 26 heavy (non-hydrogen) atoms. The van der Waals surface area contributed by atoms with Crippen LogP contribution in [0.2, 0.25) is 0 Å². The lowest BCUT2D eigenvalue weighted by atomic mass is 10.1. The van der Waals surface area contributed by atoms with Gasteiger partial charge >= 0.3 is 0 Å². The summed E-state index contributed by atoms with van der Waals surface area (Å²) >= 11 is 0.742. The van der Waals surface area contributed by atoms with Gasteiger partial charge in [-0.3, -0.25) is 24.6 Å². The monoisotopic (exact) mass is 382 g/mol. The first-order valence-electron chi connectivity index (χ1n) is 7.57. The molecule has 2 amide bonds. The Morgan fingerprint density at radius 3 is 2.42 bits per heavy atom. The zero-order chi connectivity index (χ0) is 19.3. The molecule has 1 heterocycles. The summed E-state index contributed by atoms with van der Waals surface area (Å²) in [5, 5.41) is 10.9. The summed E-state index contributed by atoms with van der Waals surface area (Å²) in [6.45, 7) is 0.645. The molecular formula is C16H18N2O7S. The number of rotatable bonds is 8. The van der Waals surface area contributed by atoms with E-state index in [4.69, 9.17) is 14.2 Å². The highest BCUT2D eigenvalue weighted by molar-refractivity contribution is 8.18. The minimum atomic E-state index is -0.587. The minimum Gasteiger partial charge on any atom is -0.493 e. The summed E-state index contributed by atoms with van der Waals surface area (Å²) in [6, 6.07) is 2.61. The van der Waals surface area contributed by atoms with E-state index >= 15 is 0 Å². The van der Waals surface area contributed by atoms with Crippen molar-refractivity contribution in [2.45, 2.75) is 6.42 Å². The predicted molar refractivity (Wildman–Crippen MR) is 95.4 cm³/mol. The highest BCUT2D eigenvalue weighted by Crippen LogP contribution is 2.38. The molecule has 1 aliphatic heterocycles. The highest BCUT2D eigenvalue weighted by Gasteiger charge is 2.35. The molecule has 0 aromatic heterocycles. The maximum absolute atomic E-state index is 12.4. The zero-order valence-electron chi connectivity index (χ0n) is 14.5. The predicted octanol–water partition coefficient (Wildman–Crippen LogP) is 2.68. The van der Waals surface area contributed by atoms with Crippen LogP contribution >= 0.6 is 11.8 Å². The molecular weight excluding hydrogens is 364 g/mol. The average molecular weight is 382 g/mol. The third-order valence-electron chi connectivity index (χ3n) is 3.62. The SMILES string of the molecule is COCCCN1C(=O)S/C(=C/c2cc(OC)c(OC)cc2[N+](=O)[O-])C1=O. The third-order valence-corrected chi connectivity index (χ3v) is 4.53. The first-order valence-corrected chi connectivity index (χ1v) is 8.39. The van der Waals surface area contributed by atoms with E-state index in [9.17, 15) is 19.7 Å². The van der Waals surface area contributed by atoms with Gasteiger partial charge in [0, 0.05) is 20.3 Å². The van der Waals surface area contributed by atoms with Crippen LogP contribution in [0.3, 0.4) is 0 Å². The lowest BCUT2D eigenvalue weighted by Crippen LogP contribution is -2.29. The molecule has 0 spiro atoms. The van der Waals surface area contributed by atoms with E-state index in [2.05, 4.69) is 0 Å². The second-order valence-electron chi connectivity index (χ2n) is 5.20. The van der Waals surface area contributed by atoms with E-state index < -0.39 is 16.1 Å². The fourth-order valence-electron chi connectivity index (χ4n) is 2.36. The van der Waals surface area contributed by atoms with Crippen molar-refractivity contribution in [3.63, 3.8) is 0 Å². The Balaban J connectivity index is 2.38. The van der Waals surface area contributed by atoms with Crippen LogP contribution in [0, 0.1) is 10.1 Å². The molecule has 0 bridgehead atoms. The summed E-state index contributed by atoms with van der Waals surface area (Å²) in [5.74, 6) is -0.00659. The summed E-state index contributed by atoms with van der Waals surface area (Å²) in [6.07, 6.45) is 1.83. The topological polar surface area (TPSA) is 108 Å². The molecule has 0 atom stereocenters. The highest BCUT2D eigenvalue weighted by atomic mass is 32.2. The van der Waals surface area contributed by atoms with E-state index in [0.29, 0.717) is 13.0 Å². The number of benzene rings is 1. The molecule has 1 aromatic carbocycles. The van der Waals surface area contributed by atoms with Crippen LogP contribution in [0.15, 0.2) is 17.0 Å². The number of nitro groups is 1. The number of nitrogens with zero attached hydrogens (tertiary/aromatic N) is 2. The lowest BCUT2D eigenvalue weighted by molar-refractivity contribution is -0.385. The van der Waals surface area contributed by atoms with Crippen LogP contribution in [-0.2, 0) is 9.53 Å². The second kappa shape index (κ2) is 8.68. The van der Waals surface area contributed by atoms with Crippen LogP contribution in [0.25, 0.3) is 6.08 Å². The normalized spacial score (nSPS) is 15.7. The summed E-state index contributed by atoms with van der Waals surface area (Å²) in [7, 11) is 4.30. The number of imide groups is 1. The third kappa shape index (κ3) is 4.14. The van der Waals surface area contributed by atoms with Gasteiger partial charge in [-0.05, 0) is 30.3 Å². The van der Waals surface area contributed by atoms with Gasteiger partial charge < -0.3 is 14.2 Å². The fraction of sp³-hybridized carbons (Fsp3) is 0.375. The first-order chi connectivity index (χ1) is 12.4. The smallest absolute Gasteiger partial charge is 0.293 e. The van der Waals surface area contributed by atoms with E-state index in [1.807, 2.05) is 0 Å². The first kappa shape index (κ1) is 19.7. The molecule has 1 aromatic rings. The average Bonchev–Trinajstić information content (AvgIpc) is 2.88. The van der Waals surface area contributed by atoms with Crippen molar-refractivity contribution in [2.24, 2.45) is 0 Å². The number of hydrogen-bond acceptors (Lipinski definition) is 8. The summed E-state index contributed by atoms with van der Waals surface area (Å²) in [4.78, 5) is 36.4. The van der Waals surface area contributed by atoms with Gasteiger partial charge in [0.2, 0.25) is 0 Å². The van der Waals surface area contributed by atoms with Gasteiger partial charge in [0.15, 0.2) is 11.5 Å². The van der Waals surface area contributed by atoms with E-state index in [1.54, 1.807) is 0 Å². The molecule has 0 saturated carbocycles. The van der Waals surface area contributed by atoms with Gasteiger partial charge in [-0.15, -0.1) is 0 Å². The van der Waals surface area contributed by atoms with Gasteiger partial charge in [-0.25, -0.2) is 0 Å². The van der Waals surface area contributed by atoms with E-state index in [-0.39, 0.29) is 34.2 Å². The van der Waals surface area contributed by atoms with Crippen molar-refractivity contribution in [2.75, 3.05) is 34.5 Å². The molecule has 1 fully saturated rings. The van der Waals surface area contributed by atoms with Crippen LogP contribution in [0.1, 0.15) is 12.0 Å². The maximum Gasteiger partial charge on any atom is 0.293 e. The van der Waals surface area contributed by atoms with Crippen molar-refractivity contribution in [1.82, 2.24) is 4.90 Å². The molecule has 1 aliphatic rings. The van der Waals surface area contributed by atoms with Gasteiger partial charge in [0.05, 0.1) is 35.7 Å². The van der Waals surface area contributed by atoms with Crippen LogP contribution in [0.4, 0.5) is 10.5 Å². The number of thioether (sulfide) groups is 1. The van der Waals surface area contributed by atoms with Crippen LogP contribution in [0.5, 0.6) is 11.5 Å². The molecule has 10 heteroatoms. The Morgan fingerprint density at radius 2 is 1.85 bits per heavy atom. The van der Waals surface area contributed by atoms with E-state index in [0.717, 1.165) is 16.7 Å². The Kier molecular flexibility index (Phi) is 6.58. The number of amides is 2. The van der Waals surface area contributed by atoms with Crippen LogP contribution in [-0.4, -0.2) is 55.5 Å². The molecule has 0 radical (unpaired) electrons. The Hall–Kier alpha value is -2.59. The lowest BCUT2D eigenvalue weighted by Gasteiger charge is -2.11. The number of hydrogen-bond donors (Lipinski definition) is 0. The summed E-state index contributed by atoms with van der Waals surface area (Å²) < 4.78 is 15.1.